The van der Waals surface area contributed by atoms with E-state index in [-0.39, 0.29) is 11.8 Å². The van der Waals surface area contributed by atoms with E-state index >= 15 is 0 Å². The summed E-state index contributed by atoms with van der Waals surface area (Å²) in [5.41, 5.74) is 8.31. The Morgan fingerprint density at radius 3 is 2.55 bits per heavy atom. The SMILES string of the molecule is CCc1cc(C#CCN)ccc1NC(=O)C(CC)CC. The molecule has 0 bridgehead atoms. The molecule has 0 fully saturated rings. The average molecular weight is 272 g/mol. The summed E-state index contributed by atoms with van der Waals surface area (Å²) < 4.78 is 0. The van der Waals surface area contributed by atoms with Crippen molar-refractivity contribution < 1.29 is 4.79 Å². The first-order valence-corrected chi connectivity index (χ1v) is 7.28. The lowest BCUT2D eigenvalue weighted by molar-refractivity contribution is -0.120. The van der Waals surface area contributed by atoms with Gasteiger partial charge in [0.15, 0.2) is 0 Å². The Bertz CT molecular complexity index is 507. The molecule has 0 spiro atoms. The zero-order chi connectivity index (χ0) is 15.0. The number of carbonyl (C=O) groups excluding carboxylic acids is 1. The van der Waals surface area contributed by atoms with E-state index in [1.54, 1.807) is 0 Å². The quantitative estimate of drug-likeness (QED) is 0.810. The highest BCUT2D eigenvalue weighted by Crippen LogP contribution is 2.20. The van der Waals surface area contributed by atoms with Gasteiger partial charge in [-0.05, 0) is 43.0 Å². The van der Waals surface area contributed by atoms with Crippen molar-refractivity contribution in [3.8, 4) is 11.8 Å². The third-order valence-corrected chi connectivity index (χ3v) is 3.44. The maximum absolute atomic E-state index is 12.1. The summed E-state index contributed by atoms with van der Waals surface area (Å²) in [6.07, 6.45) is 2.59. The Morgan fingerprint density at radius 2 is 2.00 bits per heavy atom. The fourth-order valence-electron chi connectivity index (χ4n) is 2.13. The van der Waals surface area contributed by atoms with E-state index in [0.717, 1.165) is 36.1 Å². The maximum atomic E-state index is 12.1. The predicted molar refractivity (Wildman–Crippen MR) is 84.5 cm³/mol. The van der Waals surface area contributed by atoms with Gasteiger partial charge in [-0.25, -0.2) is 0 Å². The standard InChI is InChI=1S/C17H24N2O/c1-4-14(5-2)17(20)19-16-10-9-13(8-7-11-18)12-15(16)6-3/h9-10,12,14H,4-6,11,18H2,1-3H3,(H,19,20). The topological polar surface area (TPSA) is 55.1 Å². The number of benzene rings is 1. The number of nitrogens with two attached hydrogens (primary N) is 1. The lowest BCUT2D eigenvalue weighted by Crippen LogP contribution is -2.22. The summed E-state index contributed by atoms with van der Waals surface area (Å²) >= 11 is 0. The van der Waals surface area contributed by atoms with Crippen LogP contribution in [-0.4, -0.2) is 12.5 Å². The van der Waals surface area contributed by atoms with Crippen molar-refractivity contribution in [2.24, 2.45) is 11.7 Å². The van der Waals surface area contributed by atoms with Crippen molar-refractivity contribution in [1.82, 2.24) is 0 Å². The first kappa shape index (κ1) is 16.3. The van der Waals surface area contributed by atoms with Crippen LogP contribution in [0.3, 0.4) is 0 Å². The van der Waals surface area contributed by atoms with Gasteiger partial charge in [-0.15, -0.1) is 0 Å². The molecule has 3 nitrogen and oxygen atoms in total. The number of hydrogen-bond donors (Lipinski definition) is 2. The molecular formula is C17H24N2O. The Kier molecular flexibility index (Phi) is 6.83. The number of anilines is 1. The van der Waals surface area contributed by atoms with E-state index in [9.17, 15) is 4.79 Å². The third kappa shape index (κ3) is 4.40. The molecule has 1 amide bonds. The molecule has 0 aromatic heterocycles. The molecule has 0 saturated heterocycles. The number of carbonyl (C=O) groups is 1. The van der Waals surface area contributed by atoms with Crippen LogP contribution in [0, 0.1) is 17.8 Å². The molecule has 1 aromatic rings. The summed E-state index contributed by atoms with van der Waals surface area (Å²) in [7, 11) is 0. The molecule has 1 aromatic carbocycles. The molecule has 20 heavy (non-hydrogen) atoms. The maximum Gasteiger partial charge on any atom is 0.227 e. The van der Waals surface area contributed by atoms with Gasteiger partial charge in [0, 0.05) is 17.2 Å². The van der Waals surface area contributed by atoms with E-state index in [4.69, 9.17) is 5.73 Å². The molecule has 0 atom stereocenters. The van der Waals surface area contributed by atoms with Gasteiger partial charge < -0.3 is 11.1 Å². The number of rotatable bonds is 5. The number of nitrogens with one attached hydrogen (secondary N) is 1. The molecule has 0 aliphatic rings. The minimum Gasteiger partial charge on any atom is -0.326 e. The minimum absolute atomic E-state index is 0.0800. The molecule has 0 aliphatic heterocycles. The van der Waals surface area contributed by atoms with E-state index in [1.807, 2.05) is 32.0 Å². The molecule has 0 saturated carbocycles. The molecule has 0 unspecified atom stereocenters. The molecule has 108 valence electrons. The van der Waals surface area contributed by atoms with Crippen molar-refractivity contribution in [2.45, 2.75) is 40.0 Å². The van der Waals surface area contributed by atoms with Gasteiger partial charge in [-0.3, -0.25) is 4.79 Å². The highest BCUT2D eigenvalue weighted by molar-refractivity contribution is 5.93. The lowest BCUT2D eigenvalue weighted by Gasteiger charge is -2.15. The van der Waals surface area contributed by atoms with Gasteiger partial charge in [-0.2, -0.15) is 0 Å². The average Bonchev–Trinajstić information content (AvgIpc) is 2.47. The van der Waals surface area contributed by atoms with Crippen LogP contribution in [0.2, 0.25) is 0 Å². The Hall–Kier alpha value is -1.79. The molecule has 0 aliphatic carbocycles. The van der Waals surface area contributed by atoms with Gasteiger partial charge in [0.05, 0.1) is 6.54 Å². The smallest absolute Gasteiger partial charge is 0.227 e. The highest BCUT2D eigenvalue weighted by Gasteiger charge is 2.15. The number of hydrogen-bond acceptors (Lipinski definition) is 2. The third-order valence-electron chi connectivity index (χ3n) is 3.44. The second kappa shape index (κ2) is 8.39. The summed E-state index contributed by atoms with van der Waals surface area (Å²) in [4.78, 5) is 12.1. The van der Waals surface area contributed by atoms with E-state index in [2.05, 4.69) is 24.1 Å². The fourth-order valence-corrected chi connectivity index (χ4v) is 2.13. The summed E-state index contributed by atoms with van der Waals surface area (Å²) in [6.45, 7) is 6.51. The largest absolute Gasteiger partial charge is 0.326 e. The second-order valence-corrected chi connectivity index (χ2v) is 4.73. The second-order valence-electron chi connectivity index (χ2n) is 4.73. The van der Waals surface area contributed by atoms with Gasteiger partial charge in [0.25, 0.3) is 0 Å². The fraction of sp³-hybridized carbons (Fsp3) is 0.471. The van der Waals surface area contributed by atoms with Crippen LogP contribution in [0.25, 0.3) is 0 Å². The van der Waals surface area contributed by atoms with Crippen molar-refractivity contribution in [2.75, 3.05) is 11.9 Å². The highest BCUT2D eigenvalue weighted by atomic mass is 16.1. The Labute approximate surface area is 121 Å². The van der Waals surface area contributed by atoms with Gasteiger partial charge in [0.1, 0.15) is 0 Å². The normalized spacial score (nSPS) is 10.1. The number of amides is 1. The van der Waals surface area contributed by atoms with Crippen molar-refractivity contribution in [3.05, 3.63) is 29.3 Å². The van der Waals surface area contributed by atoms with Gasteiger partial charge >= 0.3 is 0 Å². The van der Waals surface area contributed by atoms with Crippen molar-refractivity contribution in [1.29, 1.82) is 0 Å². The van der Waals surface area contributed by atoms with Crippen molar-refractivity contribution >= 4 is 11.6 Å². The molecule has 3 N–H and O–H groups in total. The van der Waals surface area contributed by atoms with Gasteiger partial charge in [-0.1, -0.05) is 32.6 Å². The van der Waals surface area contributed by atoms with Crippen LogP contribution in [0.4, 0.5) is 5.69 Å². The van der Waals surface area contributed by atoms with Crippen molar-refractivity contribution in [3.63, 3.8) is 0 Å². The van der Waals surface area contributed by atoms with Crippen LogP contribution in [0.5, 0.6) is 0 Å². The zero-order valence-corrected chi connectivity index (χ0v) is 12.6. The van der Waals surface area contributed by atoms with E-state index in [1.165, 1.54) is 0 Å². The van der Waals surface area contributed by atoms with Crippen LogP contribution in [-0.2, 0) is 11.2 Å². The Morgan fingerprint density at radius 1 is 1.30 bits per heavy atom. The van der Waals surface area contributed by atoms with E-state index < -0.39 is 0 Å². The van der Waals surface area contributed by atoms with Crippen LogP contribution < -0.4 is 11.1 Å². The Balaban J connectivity index is 2.93. The first-order chi connectivity index (χ1) is 9.65. The monoisotopic (exact) mass is 272 g/mol. The first-order valence-electron chi connectivity index (χ1n) is 7.28. The summed E-state index contributed by atoms with van der Waals surface area (Å²) in [5.74, 6) is 6.04. The summed E-state index contributed by atoms with van der Waals surface area (Å²) in [5, 5.41) is 3.03. The summed E-state index contributed by atoms with van der Waals surface area (Å²) in [6, 6.07) is 5.87. The van der Waals surface area contributed by atoms with E-state index in [0.29, 0.717) is 6.54 Å². The molecule has 0 radical (unpaired) electrons. The molecule has 0 heterocycles. The minimum atomic E-state index is 0.0800. The number of aryl methyl sites for hydroxylation is 1. The zero-order valence-electron chi connectivity index (χ0n) is 12.6. The van der Waals surface area contributed by atoms with Crippen LogP contribution in [0.15, 0.2) is 18.2 Å². The lowest BCUT2D eigenvalue weighted by atomic mass is 10.0. The molecule has 3 heteroatoms. The predicted octanol–water partition coefficient (Wildman–Crippen LogP) is 2.93. The molecule has 1 rings (SSSR count). The van der Waals surface area contributed by atoms with Gasteiger partial charge in [0.2, 0.25) is 5.91 Å². The molecular weight excluding hydrogens is 248 g/mol. The van der Waals surface area contributed by atoms with Crippen LogP contribution >= 0.6 is 0 Å². The van der Waals surface area contributed by atoms with Crippen LogP contribution in [0.1, 0.15) is 44.7 Å².